The summed E-state index contributed by atoms with van der Waals surface area (Å²) in [5, 5.41) is 1.09. The Morgan fingerprint density at radius 1 is 1.35 bits per heavy atom. The largest absolute Gasteiger partial charge is 0.459 e. The van der Waals surface area contributed by atoms with Crippen molar-refractivity contribution in [1.82, 2.24) is 0 Å². The van der Waals surface area contributed by atoms with E-state index in [1.54, 1.807) is 0 Å². The molecule has 0 aliphatic rings. The average molecular weight is 233 g/mol. The van der Waals surface area contributed by atoms with E-state index in [2.05, 4.69) is 6.92 Å². The summed E-state index contributed by atoms with van der Waals surface area (Å²) >= 11 is 0. The maximum Gasteiger partial charge on any atom is 0.134 e. The molecular formula is C14H19NO2. The van der Waals surface area contributed by atoms with E-state index in [0.717, 1.165) is 36.2 Å². The van der Waals surface area contributed by atoms with Crippen LogP contribution < -0.4 is 5.73 Å². The predicted molar refractivity (Wildman–Crippen MR) is 68.9 cm³/mol. The summed E-state index contributed by atoms with van der Waals surface area (Å²) in [5.41, 5.74) is 6.90. The minimum absolute atomic E-state index is 0.181. The van der Waals surface area contributed by atoms with Gasteiger partial charge in [0.05, 0.1) is 12.6 Å². The maximum atomic E-state index is 6.02. The lowest BCUT2D eigenvalue weighted by molar-refractivity contribution is 0.113. The van der Waals surface area contributed by atoms with Gasteiger partial charge in [-0.05, 0) is 18.6 Å². The van der Waals surface area contributed by atoms with Gasteiger partial charge in [0, 0.05) is 12.0 Å². The third-order valence-electron chi connectivity index (χ3n) is 2.75. The normalized spacial score (nSPS) is 13.1. The minimum Gasteiger partial charge on any atom is -0.459 e. The molecule has 3 nitrogen and oxygen atoms in total. The van der Waals surface area contributed by atoms with Gasteiger partial charge in [0.25, 0.3) is 0 Å². The Labute approximate surface area is 102 Å². The lowest BCUT2D eigenvalue weighted by atomic mass is 10.2. The van der Waals surface area contributed by atoms with Crippen LogP contribution in [0, 0.1) is 0 Å². The van der Waals surface area contributed by atoms with Gasteiger partial charge in [0.1, 0.15) is 11.3 Å². The fourth-order valence-electron chi connectivity index (χ4n) is 1.72. The fourth-order valence-corrected chi connectivity index (χ4v) is 1.72. The predicted octanol–water partition coefficient (Wildman–Crippen LogP) is 3.25. The molecule has 2 rings (SSSR count). The van der Waals surface area contributed by atoms with Crippen molar-refractivity contribution in [2.24, 2.45) is 5.73 Å². The summed E-state index contributed by atoms with van der Waals surface area (Å²) in [6.45, 7) is 3.42. The van der Waals surface area contributed by atoms with E-state index in [0.29, 0.717) is 6.61 Å². The molecular weight excluding hydrogens is 214 g/mol. The number of unbranched alkanes of at least 4 members (excludes halogenated alkanes) is 1. The highest BCUT2D eigenvalue weighted by Gasteiger charge is 2.11. The number of furan rings is 1. The molecule has 17 heavy (non-hydrogen) atoms. The Bertz CT molecular complexity index is 431. The van der Waals surface area contributed by atoms with E-state index in [9.17, 15) is 0 Å². The average Bonchev–Trinajstić information content (AvgIpc) is 2.78. The first-order valence-corrected chi connectivity index (χ1v) is 6.13. The van der Waals surface area contributed by atoms with E-state index in [-0.39, 0.29) is 6.04 Å². The molecule has 0 spiro atoms. The van der Waals surface area contributed by atoms with Crippen molar-refractivity contribution in [3.8, 4) is 0 Å². The standard InChI is InChI=1S/C14H19NO2/c1-2-3-8-16-10-12(15)14-9-11-6-4-5-7-13(11)17-14/h4-7,9,12H,2-3,8,10,15H2,1H3. The molecule has 1 aromatic heterocycles. The first-order chi connectivity index (χ1) is 8.31. The number of hydrogen-bond donors (Lipinski definition) is 1. The quantitative estimate of drug-likeness (QED) is 0.779. The number of benzene rings is 1. The van der Waals surface area contributed by atoms with E-state index < -0.39 is 0 Å². The van der Waals surface area contributed by atoms with E-state index in [4.69, 9.17) is 14.9 Å². The number of para-hydroxylation sites is 1. The number of ether oxygens (including phenoxy) is 1. The van der Waals surface area contributed by atoms with Gasteiger partial charge >= 0.3 is 0 Å². The molecule has 1 atom stereocenters. The molecule has 0 radical (unpaired) electrons. The number of hydrogen-bond acceptors (Lipinski definition) is 3. The van der Waals surface area contributed by atoms with Gasteiger partial charge < -0.3 is 14.9 Å². The first kappa shape index (κ1) is 12.1. The zero-order chi connectivity index (χ0) is 12.1. The van der Waals surface area contributed by atoms with Crippen LogP contribution in [0.1, 0.15) is 31.6 Å². The Morgan fingerprint density at radius 3 is 2.94 bits per heavy atom. The molecule has 0 bridgehead atoms. The summed E-state index contributed by atoms with van der Waals surface area (Å²) in [7, 11) is 0. The molecule has 2 N–H and O–H groups in total. The lowest BCUT2D eigenvalue weighted by Gasteiger charge is -2.08. The molecule has 0 aliphatic carbocycles. The molecule has 1 unspecified atom stereocenters. The van der Waals surface area contributed by atoms with Gasteiger partial charge in [-0.1, -0.05) is 31.5 Å². The van der Waals surface area contributed by atoms with Crippen molar-refractivity contribution in [3.63, 3.8) is 0 Å². The summed E-state index contributed by atoms with van der Waals surface area (Å²) < 4.78 is 11.2. The van der Waals surface area contributed by atoms with Crippen molar-refractivity contribution in [2.45, 2.75) is 25.8 Å². The minimum atomic E-state index is -0.181. The van der Waals surface area contributed by atoms with Crippen molar-refractivity contribution in [1.29, 1.82) is 0 Å². The number of nitrogens with two attached hydrogens (primary N) is 1. The van der Waals surface area contributed by atoms with Crippen LogP contribution >= 0.6 is 0 Å². The molecule has 3 heteroatoms. The van der Waals surface area contributed by atoms with Crippen molar-refractivity contribution < 1.29 is 9.15 Å². The van der Waals surface area contributed by atoms with Crippen LogP contribution in [0.5, 0.6) is 0 Å². The summed E-state index contributed by atoms with van der Waals surface area (Å²) in [5.74, 6) is 0.794. The second kappa shape index (κ2) is 5.84. The van der Waals surface area contributed by atoms with Crippen LogP contribution in [0.2, 0.25) is 0 Å². The maximum absolute atomic E-state index is 6.02. The van der Waals surface area contributed by atoms with Crippen LogP contribution in [0.3, 0.4) is 0 Å². The van der Waals surface area contributed by atoms with E-state index in [1.807, 2.05) is 30.3 Å². The lowest BCUT2D eigenvalue weighted by Crippen LogP contribution is -2.16. The second-order valence-electron chi connectivity index (χ2n) is 4.22. The molecule has 0 saturated heterocycles. The highest BCUT2D eigenvalue weighted by atomic mass is 16.5. The molecule has 1 heterocycles. The monoisotopic (exact) mass is 233 g/mol. The van der Waals surface area contributed by atoms with Gasteiger partial charge in [-0.3, -0.25) is 0 Å². The third kappa shape index (κ3) is 3.08. The molecule has 2 aromatic rings. The van der Waals surface area contributed by atoms with Gasteiger partial charge in [0.2, 0.25) is 0 Å². The van der Waals surface area contributed by atoms with Gasteiger partial charge in [0.15, 0.2) is 0 Å². The molecule has 1 aromatic carbocycles. The summed E-state index contributed by atoms with van der Waals surface area (Å²) in [6, 6.07) is 9.72. The molecule has 0 saturated carbocycles. The Hall–Kier alpha value is -1.32. The van der Waals surface area contributed by atoms with E-state index in [1.165, 1.54) is 0 Å². The van der Waals surface area contributed by atoms with Gasteiger partial charge in [-0.2, -0.15) is 0 Å². The smallest absolute Gasteiger partial charge is 0.134 e. The number of rotatable bonds is 6. The van der Waals surface area contributed by atoms with E-state index >= 15 is 0 Å². The highest BCUT2D eigenvalue weighted by Crippen LogP contribution is 2.22. The molecule has 92 valence electrons. The first-order valence-electron chi connectivity index (χ1n) is 6.13. The van der Waals surface area contributed by atoms with Crippen LogP contribution in [-0.4, -0.2) is 13.2 Å². The highest BCUT2D eigenvalue weighted by molar-refractivity contribution is 5.77. The SMILES string of the molecule is CCCCOCC(N)c1cc2ccccc2o1. The summed E-state index contributed by atoms with van der Waals surface area (Å²) in [6.07, 6.45) is 2.22. The number of fused-ring (bicyclic) bond motifs is 1. The van der Waals surface area contributed by atoms with Crippen molar-refractivity contribution in [3.05, 3.63) is 36.1 Å². The van der Waals surface area contributed by atoms with Crippen molar-refractivity contribution >= 4 is 11.0 Å². The fraction of sp³-hybridized carbons (Fsp3) is 0.429. The molecule has 0 fully saturated rings. The van der Waals surface area contributed by atoms with Gasteiger partial charge in [-0.15, -0.1) is 0 Å². The Kier molecular flexibility index (Phi) is 4.18. The van der Waals surface area contributed by atoms with Gasteiger partial charge in [-0.25, -0.2) is 0 Å². The van der Waals surface area contributed by atoms with Crippen LogP contribution in [0.25, 0.3) is 11.0 Å². The third-order valence-corrected chi connectivity index (χ3v) is 2.75. The molecule has 0 aliphatic heterocycles. The second-order valence-corrected chi connectivity index (χ2v) is 4.22. The Balaban J connectivity index is 1.96. The summed E-state index contributed by atoms with van der Waals surface area (Å²) in [4.78, 5) is 0. The zero-order valence-corrected chi connectivity index (χ0v) is 10.2. The van der Waals surface area contributed by atoms with Crippen LogP contribution in [0.15, 0.2) is 34.7 Å². The van der Waals surface area contributed by atoms with Crippen molar-refractivity contribution in [2.75, 3.05) is 13.2 Å². The Morgan fingerprint density at radius 2 is 2.18 bits per heavy atom. The topological polar surface area (TPSA) is 48.4 Å². The zero-order valence-electron chi connectivity index (χ0n) is 10.2. The van der Waals surface area contributed by atoms with Crippen LogP contribution in [0.4, 0.5) is 0 Å². The molecule has 0 amide bonds. The van der Waals surface area contributed by atoms with Crippen LogP contribution in [-0.2, 0) is 4.74 Å².